The highest BCUT2D eigenvalue weighted by Crippen LogP contribution is 2.40. The lowest BCUT2D eigenvalue weighted by Crippen LogP contribution is -2.49. The van der Waals surface area contributed by atoms with Crippen molar-refractivity contribution in [3.8, 4) is 23.2 Å². The fourth-order valence-electron chi connectivity index (χ4n) is 7.94. The molecule has 5 aromatic heterocycles. The summed E-state index contributed by atoms with van der Waals surface area (Å²) < 4.78 is 13.2. The van der Waals surface area contributed by atoms with Crippen LogP contribution in [0.3, 0.4) is 0 Å². The number of ether oxygens (including phenoxy) is 1. The second kappa shape index (κ2) is 15.2. The highest BCUT2D eigenvalue weighted by Gasteiger charge is 2.28. The minimum Gasteiger partial charge on any atom is -0.448 e. The number of pyridine rings is 3. The van der Waals surface area contributed by atoms with Gasteiger partial charge in [0.1, 0.15) is 17.1 Å². The summed E-state index contributed by atoms with van der Waals surface area (Å²) >= 11 is 0. The number of benzene rings is 1. The lowest BCUT2D eigenvalue weighted by atomic mass is 9.89. The molecule has 0 radical (unpaired) electrons. The number of aryl methyl sites for hydroxylation is 3. The molecule has 15 heteroatoms. The molecule has 15 nitrogen and oxygen atoms in total. The van der Waals surface area contributed by atoms with Crippen molar-refractivity contribution < 1.29 is 23.5 Å². The Morgan fingerprint density at radius 1 is 0.948 bits per heavy atom. The van der Waals surface area contributed by atoms with Gasteiger partial charge in [-0.2, -0.15) is 0 Å². The number of amides is 4. The van der Waals surface area contributed by atoms with Crippen molar-refractivity contribution in [3.05, 3.63) is 99.7 Å². The Morgan fingerprint density at radius 3 is 2.62 bits per heavy atom. The van der Waals surface area contributed by atoms with E-state index in [4.69, 9.17) is 19.1 Å². The van der Waals surface area contributed by atoms with Crippen LogP contribution in [-0.2, 0) is 23.0 Å². The summed E-state index contributed by atoms with van der Waals surface area (Å²) in [4.78, 5) is 72.1. The Kier molecular flexibility index (Phi) is 9.62. The maximum absolute atomic E-state index is 13.0. The van der Waals surface area contributed by atoms with E-state index >= 15 is 0 Å². The van der Waals surface area contributed by atoms with Gasteiger partial charge < -0.3 is 23.9 Å². The van der Waals surface area contributed by atoms with Crippen LogP contribution in [0.2, 0.25) is 0 Å². The Bertz CT molecular complexity index is 2760. The molecule has 3 aliphatic heterocycles. The van der Waals surface area contributed by atoms with Gasteiger partial charge in [-0.15, -0.1) is 0 Å². The lowest BCUT2D eigenvalue weighted by Gasteiger charge is -2.33. The molecule has 0 bridgehead atoms. The number of carbonyl (C=O) groups is 3. The van der Waals surface area contributed by atoms with Gasteiger partial charge in [-0.25, -0.2) is 19.7 Å². The van der Waals surface area contributed by atoms with Crippen LogP contribution >= 0.6 is 0 Å². The van der Waals surface area contributed by atoms with E-state index in [2.05, 4.69) is 49.5 Å². The molecule has 0 atom stereocenters. The maximum Gasteiger partial charge on any atom is 0.329 e. The predicted octanol–water partition coefficient (Wildman–Crippen LogP) is 5.05. The molecule has 4 amide bonds. The molecule has 0 aliphatic carbocycles. The van der Waals surface area contributed by atoms with Gasteiger partial charge in [-0.3, -0.25) is 29.6 Å². The summed E-state index contributed by atoms with van der Waals surface area (Å²) in [5, 5.41) is 6.66. The normalized spacial score (nSPS) is 15.9. The molecule has 0 unspecified atom stereocenters. The first-order chi connectivity index (χ1) is 28.2. The van der Waals surface area contributed by atoms with E-state index in [9.17, 15) is 19.2 Å². The van der Waals surface area contributed by atoms with Crippen LogP contribution in [0.1, 0.15) is 64.7 Å². The summed E-state index contributed by atoms with van der Waals surface area (Å²) in [6, 6.07) is 12.7. The molecule has 9 rings (SSSR count). The van der Waals surface area contributed by atoms with Gasteiger partial charge in [0, 0.05) is 74.7 Å². The zero-order valence-corrected chi connectivity index (χ0v) is 32.0. The third-order valence-corrected chi connectivity index (χ3v) is 11.0. The van der Waals surface area contributed by atoms with E-state index in [1.54, 1.807) is 35.0 Å². The number of nitrogens with zero attached hydrogens (tertiary/aromatic N) is 7. The Morgan fingerprint density at radius 2 is 1.81 bits per heavy atom. The topological polar surface area (TPSA) is 178 Å². The van der Waals surface area contributed by atoms with Gasteiger partial charge in [0.15, 0.2) is 11.6 Å². The molecule has 8 heterocycles. The van der Waals surface area contributed by atoms with Crippen molar-refractivity contribution in [2.75, 3.05) is 42.6 Å². The number of urea groups is 1. The van der Waals surface area contributed by atoms with Gasteiger partial charge in [0.05, 0.1) is 40.7 Å². The standard InChI is InChI=1S/C43H39N9O6/c1-25-19-30-34(50(2)42(25)55)20-28(26-11-17-57-18-12-26)21-35(30)51-15-4-6-32-36(51)24-47-39(48-32)27-7-8-33(46-23-27)41(54)45-13-3-5-29-22-31-37(58-29)9-14-44-40(31)52-16-10-38(53)49-43(52)56/h7-9,14,19-24,26H,4,6,10-13,15-18H2,1-2H3,(H,45,54)(H,49,53,56). The molecule has 6 aromatic rings. The van der Waals surface area contributed by atoms with Crippen molar-refractivity contribution in [1.29, 1.82) is 0 Å². The Balaban J connectivity index is 0.901. The van der Waals surface area contributed by atoms with E-state index in [-0.39, 0.29) is 36.7 Å². The second-order valence-electron chi connectivity index (χ2n) is 14.7. The minimum atomic E-state index is -0.542. The third kappa shape index (κ3) is 6.92. The molecule has 1 aromatic carbocycles. The molecule has 0 saturated carbocycles. The van der Waals surface area contributed by atoms with Crippen LogP contribution in [0.4, 0.5) is 22.0 Å². The smallest absolute Gasteiger partial charge is 0.329 e. The van der Waals surface area contributed by atoms with Crippen LogP contribution in [0.5, 0.6) is 0 Å². The van der Waals surface area contributed by atoms with Gasteiger partial charge in [0.25, 0.3) is 11.5 Å². The number of fused-ring (bicyclic) bond motifs is 3. The molecule has 2 N–H and O–H groups in total. The zero-order valence-electron chi connectivity index (χ0n) is 32.0. The first-order valence-electron chi connectivity index (χ1n) is 19.3. The van der Waals surface area contributed by atoms with Crippen LogP contribution in [0.15, 0.2) is 70.3 Å². The first kappa shape index (κ1) is 36.7. The lowest BCUT2D eigenvalue weighted by molar-refractivity contribution is -0.120. The molecule has 2 saturated heterocycles. The van der Waals surface area contributed by atoms with Gasteiger partial charge in [0.2, 0.25) is 5.91 Å². The van der Waals surface area contributed by atoms with Crippen molar-refractivity contribution >= 4 is 56.9 Å². The maximum atomic E-state index is 13.0. The molecule has 58 heavy (non-hydrogen) atoms. The first-order valence-corrected chi connectivity index (χ1v) is 19.3. The highest BCUT2D eigenvalue weighted by atomic mass is 16.5. The third-order valence-electron chi connectivity index (χ3n) is 11.0. The van der Waals surface area contributed by atoms with Gasteiger partial charge in [-0.1, -0.05) is 5.92 Å². The van der Waals surface area contributed by atoms with Gasteiger partial charge >= 0.3 is 6.03 Å². The average molecular weight is 778 g/mol. The Labute approximate surface area is 332 Å². The van der Waals surface area contributed by atoms with E-state index in [1.165, 1.54) is 16.7 Å². The number of furan rings is 1. The Hall–Kier alpha value is -6.92. The average Bonchev–Trinajstić information content (AvgIpc) is 3.68. The van der Waals surface area contributed by atoms with Crippen molar-refractivity contribution in [2.24, 2.45) is 7.05 Å². The molecule has 0 spiro atoms. The molecule has 3 aliphatic rings. The quantitative estimate of drug-likeness (QED) is 0.217. The largest absolute Gasteiger partial charge is 0.448 e. The summed E-state index contributed by atoms with van der Waals surface area (Å²) in [6.45, 7) is 4.35. The summed E-state index contributed by atoms with van der Waals surface area (Å²) in [5.74, 6) is 6.64. The highest BCUT2D eigenvalue weighted by molar-refractivity contribution is 6.08. The van der Waals surface area contributed by atoms with Crippen LogP contribution in [0.25, 0.3) is 33.3 Å². The number of hydrogen-bond acceptors (Lipinski definition) is 11. The fourth-order valence-corrected chi connectivity index (χ4v) is 7.94. The molecular weight excluding hydrogens is 739 g/mol. The fraction of sp³-hybridized carbons (Fsp3) is 0.302. The van der Waals surface area contributed by atoms with Crippen LogP contribution in [0, 0.1) is 18.8 Å². The van der Waals surface area contributed by atoms with E-state index in [1.807, 2.05) is 26.2 Å². The number of nitrogens with one attached hydrogen (secondary N) is 2. The SMILES string of the molecule is Cc1cc2c(N3CCCc4nc(-c5ccc(C(=O)NCC#Cc6cc7c(N8CCC(=O)NC8=O)nccc7o6)nc5)ncc43)cc(C3CCOCC3)cc2n(C)c1=O. The number of hydrogen-bond donors (Lipinski definition) is 2. The number of aromatic nitrogens is 5. The number of carbonyl (C=O) groups excluding carboxylic acids is 3. The van der Waals surface area contributed by atoms with Gasteiger partial charge in [-0.05, 0) is 86.4 Å². The van der Waals surface area contributed by atoms with Crippen LogP contribution < -0.4 is 26.0 Å². The molecule has 292 valence electrons. The minimum absolute atomic E-state index is 0.000796. The van der Waals surface area contributed by atoms with E-state index < -0.39 is 11.9 Å². The number of rotatable bonds is 6. The van der Waals surface area contributed by atoms with Crippen LogP contribution in [-0.4, -0.2) is 75.2 Å². The monoisotopic (exact) mass is 777 g/mol. The summed E-state index contributed by atoms with van der Waals surface area (Å²) in [6.07, 6.45) is 8.71. The summed E-state index contributed by atoms with van der Waals surface area (Å²) in [7, 11) is 1.84. The van der Waals surface area contributed by atoms with Crippen molar-refractivity contribution in [2.45, 2.75) is 44.9 Å². The van der Waals surface area contributed by atoms with Crippen molar-refractivity contribution in [1.82, 2.24) is 35.1 Å². The number of anilines is 3. The van der Waals surface area contributed by atoms with E-state index in [0.29, 0.717) is 45.4 Å². The summed E-state index contributed by atoms with van der Waals surface area (Å²) in [5.41, 5.74) is 7.10. The molecule has 2 fully saturated rings. The zero-order chi connectivity index (χ0) is 39.9. The number of imide groups is 1. The predicted molar refractivity (Wildman–Crippen MR) is 216 cm³/mol. The molecular formula is C43H39N9O6. The van der Waals surface area contributed by atoms with Crippen molar-refractivity contribution in [3.63, 3.8) is 0 Å². The van der Waals surface area contributed by atoms with E-state index in [0.717, 1.165) is 73.4 Å². The second-order valence-corrected chi connectivity index (χ2v) is 14.7.